The van der Waals surface area contributed by atoms with Crippen molar-refractivity contribution in [3.8, 4) is 5.75 Å². The molecule has 1 heterocycles. The lowest BCUT2D eigenvalue weighted by Crippen LogP contribution is -2.38. The van der Waals surface area contributed by atoms with Gasteiger partial charge in [0.2, 0.25) is 0 Å². The summed E-state index contributed by atoms with van der Waals surface area (Å²) in [6, 6.07) is 7.14. The highest BCUT2D eigenvalue weighted by Gasteiger charge is 2.42. The van der Waals surface area contributed by atoms with Crippen molar-refractivity contribution in [1.29, 1.82) is 0 Å². The molecular formula is C16H22ClNO. The zero-order chi connectivity index (χ0) is 12.7. The molecule has 1 aliphatic heterocycles. The monoisotopic (exact) mass is 279 g/mol. The maximum atomic E-state index is 10.2. The van der Waals surface area contributed by atoms with Gasteiger partial charge in [0.1, 0.15) is 5.75 Å². The van der Waals surface area contributed by atoms with Crippen molar-refractivity contribution in [2.45, 2.75) is 44.2 Å². The van der Waals surface area contributed by atoms with Crippen LogP contribution in [0.4, 0.5) is 0 Å². The zero-order valence-electron chi connectivity index (χ0n) is 11.4. The second-order valence-electron chi connectivity index (χ2n) is 5.63. The number of aromatic hydroxyl groups is 1. The Balaban J connectivity index is 0.00000133. The predicted octanol–water partition coefficient (Wildman–Crippen LogP) is 3.49. The number of halogens is 1. The van der Waals surface area contributed by atoms with Gasteiger partial charge in [-0.05, 0) is 37.8 Å². The van der Waals surface area contributed by atoms with Gasteiger partial charge in [0.15, 0.2) is 0 Å². The summed E-state index contributed by atoms with van der Waals surface area (Å²) in [7, 11) is 0. The van der Waals surface area contributed by atoms with Crippen molar-refractivity contribution in [1.82, 2.24) is 4.90 Å². The summed E-state index contributed by atoms with van der Waals surface area (Å²) in [6.45, 7) is 7.12. The van der Waals surface area contributed by atoms with Crippen molar-refractivity contribution >= 4 is 12.4 Å². The fourth-order valence-electron chi connectivity index (χ4n) is 3.91. The van der Waals surface area contributed by atoms with Gasteiger partial charge >= 0.3 is 0 Å². The molecule has 1 aliphatic carbocycles. The fourth-order valence-corrected chi connectivity index (χ4v) is 3.91. The molecule has 0 radical (unpaired) electrons. The molecule has 0 amide bonds. The van der Waals surface area contributed by atoms with E-state index in [1.807, 2.05) is 18.2 Å². The lowest BCUT2D eigenvalue weighted by atomic mass is 9.79. The molecule has 3 rings (SSSR count). The Morgan fingerprint density at radius 3 is 3.00 bits per heavy atom. The summed E-state index contributed by atoms with van der Waals surface area (Å²) in [5, 5.41) is 10.2. The van der Waals surface area contributed by atoms with Crippen molar-refractivity contribution < 1.29 is 5.11 Å². The van der Waals surface area contributed by atoms with E-state index in [0.29, 0.717) is 23.8 Å². The van der Waals surface area contributed by atoms with Gasteiger partial charge in [0, 0.05) is 30.1 Å². The quantitative estimate of drug-likeness (QED) is 0.838. The first-order valence-electron chi connectivity index (χ1n) is 6.89. The average Bonchev–Trinajstić information content (AvgIpc) is 2.67. The van der Waals surface area contributed by atoms with Gasteiger partial charge in [-0.3, -0.25) is 4.90 Å². The number of likely N-dealkylation sites (tertiary alicyclic amines) is 1. The van der Waals surface area contributed by atoms with E-state index in [-0.39, 0.29) is 12.4 Å². The van der Waals surface area contributed by atoms with E-state index in [4.69, 9.17) is 0 Å². The summed E-state index contributed by atoms with van der Waals surface area (Å²) >= 11 is 0. The van der Waals surface area contributed by atoms with E-state index in [9.17, 15) is 5.11 Å². The van der Waals surface area contributed by atoms with Crippen molar-refractivity contribution in [3.63, 3.8) is 0 Å². The number of rotatable bonds is 2. The Bertz CT molecular complexity index is 474. The first-order valence-corrected chi connectivity index (χ1v) is 6.89. The number of benzene rings is 1. The second kappa shape index (κ2) is 5.56. The van der Waals surface area contributed by atoms with Crippen LogP contribution < -0.4 is 0 Å². The molecule has 1 aromatic rings. The van der Waals surface area contributed by atoms with Gasteiger partial charge in [0.25, 0.3) is 0 Å². The maximum absolute atomic E-state index is 10.2. The van der Waals surface area contributed by atoms with Crippen LogP contribution in [0.2, 0.25) is 0 Å². The Morgan fingerprint density at radius 1 is 1.47 bits per heavy atom. The normalized spacial score (nSPS) is 29.2. The molecule has 2 nitrogen and oxygen atoms in total. The molecule has 2 aliphatic rings. The molecule has 1 N–H and O–H groups in total. The molecule has 19 heavy (non-hydrogen) atoms. The number of aryl methyl sites for hydroxylation is 1. The minimum atomic E-state index is 0. The van der Waals surface area contributed by atoms with Crippen LogP contribution in [-0.2, 0) is 6.42 Å². The fraction of sp³-hybridized carbons (Fsp3) is 0.500. The highest BCUT2D eigenvalue weighted by molar-refractivity contribution is 5.85. The van der Waals surface area contributed by atoms with Crippen LogP contribution in [0.25, 0.3) is 0 Å². The van der Waals surface area contributed by atoms with E-state index < -0.39 is 0 Å². The highest BCUT2D eigenvalue weighted by atomic mass is 35.5. The summed E-state index contributed by atoms with van der Waals surface area (Å²) < 4.78 is 0. The third-order valence-electron chi connectivity index (χ3n) is 4.65. The average molecular weight is 280 g/mol. The summed E-state index contributed by atoms with van der Waals surface area (Å²) in [6.07, 6.45) is 5.45. The summed E-state index contributed by atoms with van der Waals surface area (Å²) in [5.74, 6) is 1.000. The van der Waals surface area contributed by atoms with Crippen LogP contribution in [0.1, 0.15) is 36.8 Å². The minimum Gasteiger partial charge on any atom is -0.508 e. The van der Waals surface area contributed by atoms with Gasteiger partial charge in [0.05, 0.1) is 0 Å². The van der Waals surface area contributed by atoms with Gasteiger partial charge in [-0.15, -0.1) is 19.0 Å². The number of hydrogen-bond acceptors (Lipinski definition) is 2. The molecule has 0 spiro atoms. The smallest absolute Gasteiger partial charge is 0.119 e. The van der Waals surface area contributed by atoms with Crippen molar-refractivity contribution in [2.24, 2.45) is 0 Å². The molecule has 0 aromatic heterocycles. The zero-order valence-corrected chi connectivity index (χ0v) is 12.2. The number of nitrogens with zero attached hydrogens (tertiary/aromatic N) is 1. The lowest BCUT2D eigenvalue weighted by Gasteiger charge is -2.34. The van der Waals surface area contributed by atoms with Gasteiger partial charge < -0.3 is 5.11 Å². The molecule has 0 saturated carbocycles. The first kappa shape index (κ1) is 14.4. The third-order valence-corrected chi connectivity index (χ3v) is 4.65. The SMILES string of the molecule is C=CCN1C(C)CC2c3c(O)cccc3CCC21.Cl. The number of hydrogen-bond donors (Lipinski definition) is 1. The Hall–Kier alpha value is -0.990. The van der Waals surface area contributed by atoms with Crippen molar-refractivity contribution in [3.05, 3.63) is 42.0 Å². The summed E-state index contributed by atoms with van der Waals surface area (Å²) in [4.78, 5) is 2.55. The molecule has 104 valence electrons. The van der Waals surface area contributed by atoms with Crippen LogP contribution in [0.3, 0.4) is 0 Å². The molecule has 1 fully saturated rings. The Morgan fingerprint density at radius 2 is 2.26 bits per heavy atom. The molecular weight excluding hydrogens is 258 g/mol. The Labute approximate surface area is 121 Å². The molecule has 3 unspecified atom stereocenters. The molecule has 3 heteroatoms. The van der Waals surface area contributed by atoms with E-state index in [2.05, 4.69) is 24.5 Å². The third kappa shape index (κ3) is 2.28. The van der Waals surface area contributed by atoms with Crippen LogP contribution in [0.15, 0.2) is 30.9 Å². The number of fused-ring (bicyclic) bond motifs is 3. The standard InChI is InChI=1S/C16H21NO.ClH/c1-3-9-17-11(2)10-13-14(17)8-7-12-5-4-6-15(18)16(12)13;/h3-6,11,13-14,18H,1,7-10H2,2H3;1H. The Kier molecular flexibility index (Phi) is 4.22. The minimum absolute atomic E-state index is 0. The molecule has 3 atom stereocenters. The van der Waals surface area contributed by atoms with Gasteiger partial charge in [-0.2, -0.15) is 0 Å². The first-order chi connectivity index (χ1) is 8.72. The van der Waals surface area contributed by atoms with E-state index >= 15 is 0 Å². The van der Waals surface area contributed by atoms with E-state index in [0.717, 1.165) is 19.4 Å². The topological polar surface area (TPSA) is 23.5 Å². The van der Waals surface area contributed by atoms with Crippen LogP contribution in [0.5, 0.6) is 5.75 Å². The number of phenols is 1. The largest absolute Gasteiger partial charge is 0.508 e. The van der Waals surface area contributed by atoms with E-state index in [1.54, 1.807) is 0 Å². The van der Waals surface area contributed by atoms with Crippen LogP contribution >= 0.6 is 12.4 Å². The second-order valence-corrected chi connectivity index (χ2v) is 5.63. The van der Waals surface area contributed by atoms with E-state index in [1.165, 1.54) is 17.5 Å². The van der Waals surface area contributed by atoms with Crippen LogP contribution in [0, 0.1) is 0 Å². The highest BCUT2D eigenvalue weighted by Crippen LogP contribution is 2.47. The molecule has 1 saturated heterocycles. The van der Waals surface area contributed by atoms with Gasteiger partial charge in [-0.25, -0.2) is 0 Å². The van der Waals surface area contributed by atoms with Crippen LogP contribution in [-0.4, -0.2) is 28.6 Å². The van der Waals surface area contributed by atoms with Gasteiger partial charge in [-0.1, -0.05) is 18.2 Å². The predicted molar refractivity (Wildman–Crippen MR) is 81.2 cm³/mol. The molecule has 1 aromatic carbocycles. The lowest BCUT2D eigenvalue weighted by molar-refractivity contribution is 0.205. The number of phenolic OH excluding ortho intramolecular Hbond substituents is 1. The molecule has 0 bridgehead atoms. The van der Waals surface area contributed by atoms with Crippen molar-refractivity contribution in [2.75, 3.05) is 6.54 Å². The maximum Gasteiger partial charge on any atom is 0.119 e. The summed E-state index contributed by atoms with van der Waals surface area (Å²) in [5.41, 5.74) is 2.57.